The highest BCUT2D eigenvalue weighted by molar-refractivity contribution is 9.10. The number of carbonyl (C=O) groups excluding carboxylic acids is 1. The Hall–Kier alpha value is -0.830. The van der Waals surface area contributed by atoms with E-state index in [1.54, 1.807) is 0 Å². The fraction of sp³-hybridized carbons (Fsp3) is 0.533. The molecule has 1 aliphatic rings. The summed E-state index contributed by atoms with van der Waals surface area (Å²) < 4.78 is 1.09. The Bertz CT molecular complexity index is 397. The molecule has 0 aromatic heterocycles. The summed E-state index contributed by atoms with van der Waals surface area (Å²) in [5.74, 6) is 0.317. The molecule has 1 heterocycles. The fourth-order valence-corrected chi connectivity index (χ4v) is 2.87. The van der Waals surface area contributed by atoms with Gasteiger partial charge in [-0.3, -0.25) is 4.79 Å². The molecule has 1 saturated heterocycles. The van der Waals surface area contributed by atoms with Gasteiger partial charge in [-0.1, -0.05) is 40.9 Å². The number of nitrogens with zero attached hydrogens (tertiary/aromatic N) is 1. The maximum atomic E-state index is 12.1. The van der Waals surface area contributed by atoms with E-state index in [0.29, 0.717) is 12.3 Å². The van der Waals surface area contributed by atoms with Gasteiger partial charge in [0.05, 0.1) is 0 Å². The van der Waals surface area contributed by atoms with Crippen LogP contribution >= 0.6 is 15.9 Å². The van der Waals surface area contributed by atoms with Crippen LogP contribution in [0.3, 0.4) is 0 Å². The summed E-state index contributed by atoms with van der Waals surface area (Å²) >= 11 is 3.46. The third-order valence-electron chi connectivity index (χ3n) is 3.48. The number of rotatable bonds is 3. The number of likely N-dealkylation sites (tertiary alicyclic amines) is 1. The molecule has 1 aliphatic heterocycles. The molecule has 0 radical (unpaired) electrons. The van der Waals surface area contributed by atoms with Crippen molar-refractivity contribution in [3.8, 4) is 0 Å². The lowest BCUT2D eigenvalue weighted by molar-refractivity contribution is -0.131. The first-order chi connectivity index (χ1) is 8.75. The molecule has 0 atom stereocenters. The second-order valence-electron chi connectivity index (χ2n) is 4.92. The smallest absolute Gasteiger partial charge is 0.222 e. The van der Waals surface area contributed by atoms with E-state index in [0.717, 1.165) is 24.0 Å². The molecule has 1 fully saturated rings. The summed E-state index contributed by atoms with van der Waals surface area (Å²) in [4.78, 5) is 14.2. The molecule has 98 valence electrons. The minimum Gasteiger partial charge on any atom is -0.343 e. The van der Waals surface area contributed by atoms with Crippen molar-refractivity contribution >= 4 is 21.8 Å². The summed E-state index contributed by atoms with van der Waals surface area (Å²) in [5, 5.41) is 0. The van der Waals surface area contributed by atoms with Gasteiger partial charge in [0.25, 0.3) is 0 Å². The van der Waals surface area contributed by atoms with Crippen molar-refractivity contribution < 1.29 is 4.79 Å². The van der Waals surface area contributed by atoms with Gasteiger partial charge in [-0.25, -0.2) is 0 Å². The number of carbonyl (C=O) groups is 1. The van der Waals surface area contributed by atoms with Crippen molar-refractivity contribution in [2.45, 2.75) is 38.5 Å². The SMILES string of the molecule is O=C(CCc1cccc(Br)c1)N1CCCCCC1. The van der Waals surface area contributed by atoms with Crippen LogP contribution in [0.2, 0.25) is 0 Å². The maximum Gasteiger partial charge on any atom is 0.222 e. The second-order valence-corrected chi connectivity index (χ2v) is 5.84. The summed E-state index contributed by atoms with van der Waals surface area (Å²) in [6, 6.07) is 8.21. The molecular weight excluding hydrogens is 290 g/mol. The lowest BCUT2D eigenvalue weighted by Crippen LogP contribution is -2.31. The molecule has 0 saturated carbocycles. The van der Waals surface area contributed by atoms with Gasteiger partial charge in [0.2, 0.25) is 5.91 Å². The molecular formula is C15H20BrNO. The fourth-order valence-electron chi connectivity index (χ4n) is 2.42. The predicted molar refractivity (Wildman–Crippen MR) is 77.5 cm³/mol. The number of aryl methyl sites for hydroxylation is 1. The van der Waals surface area contributed by atoms with Crippen molar-refractivity contribution in [1.82, 2.24) is 4.90 Å². The van der Waals surface area contributed by atoms with Crippen LogP contribution in [-0.4, -0.2) is 23.9 Å². The number of amides is 1. The highest BCUT2D eigenvalue weighted by Gasteiger charge is 2.14. The van der Waals surface area contributed by atoms with Crippen LogP contribution in [0.1, 0.15) is 37.7 Å². The maximum absolute atomic E-state index is 12.1. The van der Waals surface area contributed by atoms with E-state index >= 15 is 0 Å². The summed E-state index contributed by atoms with van der Waals surface area (Å²) in [7, 11) is 0. The molecule has 1 aromatic rings. The lowest BCUT2D eigenvalue weighted by atomic mass is 10.1. The van der Waals surface area contributed by atoms with Crippen molar-refractivity contribution in [1.29, 1.82) is 0 Å². The molecule has 0 spiro atoms. The van der Waals surface area contributed by atoms with Gasteiger partial charge in [0.1, 0.15) is 0 Å². The van der Waals surface area contributed by atoms with Gasteiger partial charge in [-0.05, 0) is 37.0 Å². The molecule has 1 aromatic carbocycles. The van der Waals surface area contributed by atoms with Crippen LogP contribution in [0.5, 0.6) is 0 Å². The first kappa shape index (κ1) is 13.6. The number of halogens is 1. The average Bonchev–Trinajstić information content (AvgIpc) is 2.65. The molecule has 2 nitrogen and oxygen atoms in total. The van der Waals surface area contributed by atoms with E-state index in [-0.39, 0.29) is 0 Å². The first-order valence-electron chi connectivity index (χ1n) is 6.78. The van der Waals surface area contributed by atoms with Crippen LogP contribution < -0.4 is 0 Å². The van der Waals surface area contributed by atoms with E-state index in [2.05, 4.69) is 28.1 Å². The van der Waals surface area contributed by atoms with Gasteiger partial charge in [-0.15, -0.1) is 0 Å². The van der Waals surface area contributed by atoms with Crippen LogP contribution in [0, 0.1) is 0 Å². The van der Waals surface area contributed by atoms with E-state index in [4.69, 9.17) is 0 Å². The number of hydrogen-bond acceptors (Lipinski definition) is 1. The summed E-state index contributed by atoms with van der Waals surface area (Å²) in [6.45, 7) is 1.91. The van der Waals surface area contributed by atoms with Crippen molar-refractivity contribution in [2.75, 3.05) is 13.1 Å². The standard InChI is InChI=1S/C15H20BrNO/c16-14-7-5-6-13(12-14)8-9-15(18)17-10-3-1-2-4-11-17/h5-7,12H,1-4,8-11H2. The topological polar surface area (TPSA) is 20.3 Å². The van der Waals surface area contributed by atoms with Crippen molar-refractivity contribution in [3.63, 3.8) is 0 Å². The molecule has 18 heavy (non-hydrogen) atoms. The zero-order chi connectivity index (χ0) is 12.8. The van der Waals surface area contributed by atoms with Gasteiger partial charge in [0, 0.05) is 24.0 Å². The molecule has 0 aliphatic carbocycles. The van der Waals surface area contributed by atoms with E-state index in [1.165, 1.54) is 31.2 Å². The molecule has 0 bridgehead atoms. The number of benzene rings is 1. The second kappa shape index (κ2) is 6.93. The Balaban J connectivity index is 1.83. The number of hydrogen-bond donors (Lipinski definition) is 0. The lowest BCUT2D eigenvalue weighted by Gasteiger charge is -2.20. The van der Waals surface area contributed by atoms with Crippen LogP contribution in [0.4, 0.5) is 0 Å². The van der Waals surface area contributed by atoms with E-state index in [1.807, 2.05) is 17.0 Å². The quantitative estimate of drug-likeness (QED) is 0.832. The highest BCUT2D eigenvalue weighted by atomic mass is 79.9. The zero-order valence-electron chi connectivity index (χ0n) is 10.7. The highest BCUT2D eigenvalue weighted by Crippen LogP contribution is 2.15. The van der Waals surface area contributed by atoms with Crippen LogP contribution in [0.25, 0.3) is 0 Å². The molecule has 1 amide bonds. The predicted octanol–water partition coefficient (Wildman–Crippen LogP) is 3.78. The van der Waals surface area contributed by atoms with Crippen LogP contribution in [-0.2, 0) is 11.2 Å². The minimum atomic E-state index is 0.317. The van der Waals surface area contributed by atoms with Gasteiger partial charge in [0.15, 0.2) is 0 Å². The molecule has 3 heteroatoms. The summed E-state index contributed by atoms with van der Waals surface area (Å²) in [6.07, 6.45) is 6.36. The molecule has 2 rings (SSSR count). The molecule has 0 unspecified atom stereocenters. The zero-order valence-corrected chi connectivity index (χ0v) is 12.3. The Morgan fingerprint density at radius 2 is 1.89 bits per heavy atom. The van der Waals surface area contributed by atoms with E-state index in [9.17, 15) is 4.79 Å². The Morgan fingerprint density at radius 3 is 2.56 bits per heavy atom. The van der Waals surface area contributed by atoms with Crippen molar-refractivity contribution in [2.24, 2.45) is 0 Å². The van der Waals surface area contributed by atoms with Gasteiger partial charge in [-0.2, -0.15) is 0 Å². The van der Waals surface area contributed by atoms with Gasteiger partial charge >= 0.3 is 0 Å². The molecule has 0 N–H and O–H groups in total. The largest absolute Gasteiger partial charge is 0.343 e. The minimum absolute atomic E-state index is 0.317. The van der Waals surface area contributed by atoms with Crippen LogP contribution in [0.15, 0.2) is 28.7 Å². The third-order valence-corrected chi connectivity index (χ3v) is 3.97. The van der Waals surface area contributed by atoms with Crippen molar-refractivity contribution in [3.05, 3.63) is 34.3 Å². The Labute approximate surface area is 117 Å². The van der Waals surface area contributed by atoms with Gasteiger partial charge < -0.3 is 4.90 Å². The average molecular weight is 310 g/mol. The summed E-state index contributed by atoms with van der Waals surface area (Å²) in [5.41, 5.74) is 1.23. The first-order valence-corrected chi connectivity index (χ1v) is 7.57. The van der Waals surface area contributed by atoms with E-state index < -0.39 is 0 Å². The Morgan fingerprint density at radius 1 is 1.17 bits per heavy atom. The Kier molecular flexibility index (Phi) is 5.24. The third kappa shape index (κ3) is 4.13. The monoisotopic (exact) mass is 309 g/mol. The normalized spacial score (nSPS) is 16.4.